The summed E-state index contributed by atoms with van der Waals surface area (Å²) >= 11 is 0. The Morgan fingerprint density at radius 1 is 1.30 bits per heavy atom. The molecule has 144 valence electrons. The summed E-state index contributed by atoms with van der Waals surface area (Å²) in [6.07, 6.45) is 4.99. The minimum Gasteiger partial charge on any atom is -0.491 e. The van der Waals surface area contributed by atoms with Gasteiger partial charge in [0.25, 0.3) is 0 Å². The van der Waals surface area contributed by atoms with Crippen molar-refractivity contribution in [1.29, 1.82) is 0 Å². The molecule has 6 nitrogen and oxygen atoms in total. The Hall–Kier alpha value is -2.12. The van der Waals surface area contributed by atoms with Crippen LogP contribution in [0.25, 0.3) is 0 Å². The molecule has 0 radical (unpaired) electrons. The molecule has 0 saturated carbocycles. The molecular formula is C20H28BN3O3. The third-order valence-corrected chi connectivity index (χ3v) is 5.86. The summed E-state index contributed by atoms with van der Waals surface area (Å²) in [5.74, 6) is 1.95. The summed E-state index contributed by atoms with van der Waals surface area (Å²) < 4.78 is 11.6. The van der Waals surface area contributed by atoms with Crippen molar-refractivity contribution >= 4 is 8.41 Å². The molecule has 0 aliphatic carbocycles. The van der Waals surface area contributed by atoms with Crippen LogP contribution in [0, 0.1) is 6.92 Å². The number of allylic oxidation sites excluding steroid dienone is 1. The predicted octanol–water partition coefficient (Wildman–Crippen LogP) is 1.30. The third kappa shape index (κ3) is 3.09. The topological polar surface area (TPSA) is 71.6 Å². The highest BCUT2D eigenvalue weighted by Crippen LogP contribution is 2.50. The first-order valence-electron chi connectivity index (χ1n) is 9.16. The van der Waals surface area contributed by atoms with Gasteiger partial charge in [-0.1, -0.05) is 35.5 Å². The van der Waals surface area contributed by atoms with Crippen LogP contribution in [-0.2, 0) is 5.41 Å². The van der Waals surface area contributed by atoms with Gasteiger partial charge in [-0.15, -0.1) is 0 Å². The van der Waals surface area contributed by atoms with E-state index in [0.29, 0.717) is 18.3 Å². The predicted molar refractivity (Wildman–Crippen MR) is 107 cm³/mol. The monoisotopic (exact) mass is 369 g/mol. The number of piperidine rings is 3. The maximum atomic E-state index is 11.5. The number of ether oxygens (including phenoxy) is 1. The SMILES string of the molecule is B.CC=CC1(COc2ccccc2)C(O)C2(c3nc(C)no3)CCN1CC2. The minimum absolute atomic E-state index is 0. The molecule has 2 atom stereocenters. The molecule has 0 spiro atoms. The van der Waals surface area contributed by atoms with Crippen molar-refractivity contribution in [3.63, 3.8) is 0 Å². The number of nitrogens with zero attached hydrogens (tertiary/aromatic N) is 3. The van der Waals surface area contributed by atoms with Crippen LogP contribution in [0.2, 0.25) is 0 Å². The van der Waals surface area contributed by atoms with E-state index in [1.165, 1.54) is 0 Å². The number of para-hydroxylation sites is 1. The fraction of sp³-hybridized carbons (Fsp3) is 0.500. The Morgan fingerprint density at radius 3 is 2.59 bits per heavy atom. The number of hydrogen-bond donors (Lipinski definition) is 1. The van der Waals surface area contributed by atoms with E-state index in [1.54, 1.807) is 0 Å². The average molecular weight is 369 g/mol. The lowest BCUT2D eigenvalue weighted by molar-refractivity contribution is -0.149. The van der Waals surface area contributed by atoms with Gasteiger partial charge in [0, 0.05) is 13.1 Å². The maximum Gasteiger partial charge on any atom is 0.235 e. The van der Waals surface area contributed by atoms with Gasteiger partial charge in [0.1, 0.15) is 17.9 Å². The van der Waals surface area contributed by atoms with E-state index in [-0.39, 0.29) is 8.41 Å². The lowest BCUT2D eigenvalue weighted by atomic mass is 9.61. The highest BCUT2D eigenvalue weighted by molar-refractivity contribution is 5.75. The number of aliphatic hydroxyl groups is 1. The zero-order valence-corrected chi connectivity index (χ0v) is 15.3. The fourth-order valence-electron chi connectivity index (χ4n) is 4.50. The largest absolute Gasteiger partial charge is 0.491 e. The molecule has 27 heavy (non-hydrogen) atoms. The number of aryl methyl sites for hydroxylation is 1. The maximum absolute atomic E-state index is 11.5. The Morgan fingerprint density at radius 2 is 2.00 bits per heavy atom. The molecule has 1 aromatic carbocycles. The van der Waals surface area contributed by atoms with E-state index in [4.69, 9.17) is 9.26 Å². The standard InChI is InChI=1S/C20H25N3O3.BH3/c1-3-9-20(14-25-16-7-5-4-6-8-16)17(24)19(10-12-23(20)13-11-19)18-21-15(2)22-26-18;/h3-9,17,24H,10-14H2,1-2H3;1H3. The second-order valence-electron chi connectivity index (χ2n) is 7.29. The molecular weight excluding hydrogens is 341 g/mol. The second-order valence-corrected chi connectivity index (χ2v) is 7.29. The molecule has 3 aliphatic rings. The summed E-state index contributed by atoms with van der Waals surface area (Å²) in [6.45, 7) is 5.88. The summed E-state index contributed by atoms with van der Waals surface area (Å²) in [5.41, 5.74) is -1.13. The van der Waals surface area contributed by atoms with Gasteiger partial charge in [-0.05, 0) is 38.8 Å². The number of rotatable bonds is 5. The lowest BCUT2D eigenvalue weighted by Gasteiger charge is -2.60. The highest BCUT2D eigenvalue weighted by atomic mass is 16.5. The van der Waals surface area contributed by atoms with Crippen LogP contribution in [0.1, 0.15) is 31.5 Å². The van der Waals surface area contributed by atoms with Crippen LogP contribution < -0.4 is 4.74 Å². The molecule has 3 fully saturated rings. The minimum atomic E-state index is -0.683. The van der Waals surface area contributed by atoms with Gasteiger partial charge >= 0.3 is 0 Å². The molecule has 3 aliphatic heterocycles. The van der Waals surface area contributed by atoms with Gasteiger partial charge in [-0.25, -0.2) is 0 Å². The van der Waals surface area contributed by atoms with Crippen molar-refractivity contribution < 1.29 is 14.4 Å². The molecule has 2 aromatic rings. The molecule has 5 rings (SSSR count). The summed E-state index contributed by atoms with van der Waals surface area (Å²) in [4.78, 5) is 6.80. The Kier molecular flexibility index (Phi) is 5.44. The van der Waals surface area contributed by atoms with E-state index in [2.05, 4.69) is 21.1 Å². The van der Waals surface area contributed by atoms with Crippen molar-refractivity contribution in [2.45, 2.75) is 43.7 Å². The third-order valence-electron chi connectivity index (χ3n) is 5.86. The Bertz CT molecular complexity index is 787. The van der Waals surface area contributed by atoms with E-state index in [0.717, 1.165) is 31.7 Å². The summed E-state index contributed by atoms with van der Waals surface area (Å²) in [5, 5.41) is 15.5. The first-order valence-corrected chi connectivity index (χ1v) is 9.16. The van der Waals surface area contributed by atoms with Crippen molar-refractivity contribution in [1.82, 2.24) is 15.0 Å². The molecule has 4 heterocycles. The van der Waals surface area contributed by atoms with Gasteiger partial charge in [-0.3, -0.25) is 4.90 Å². The number of benzene rings is 1. The lowest BCUT2D eigenvalue weighted by Crippen LogP contribution is -2.74. The van der Waals surface area contributed by atoms with Crippen LogP contribution in [0.3, 0.4) is 0 Å². The van der Waals surface area contributed by atoms with Crippen molar-refractivity contribution in [2.24, 2.45) is 0 Å². The zero-order valence-electron chi connectivity index (χ0n) is 15.3. The van der Waals surface area contributed by atoms with Gasteiger partial charge in [0.05, 0.1) is 19.9 Å². The Balaban J connectivity index is 0.00000210. The van der Waals surface area contributed by atoms with Crippen LogP contribution >= 0.6 is 0 Å². The van der Waals surface area contributed by atoms with Crippen molar-refractivity contribution in [3.8, 4) is 5.75 Å². The molecule has 1 aromatic heterocycles. The van der Waals surface area contributed by atoms with Gasteiger partial charge < -0.3 is 14.4 Å². The molecule has 7 heteroatoms. The van der Waals surface area contributed by atoms with Gasteiger partial charge in [-0.2, -0.15) is 4.98 Å². The van der Waals surface area contributed by atoms with Gasteiger partial charge in [0.2, 0.25) is 5.89 Å². The second kappa shape index (κ2) is 7.48. The van der Waals surface area contributed by atoms with Crippen LogP contribution in [0.5, 0.6) is 5.75 Å². The summed E-state index contributed by atoms with van der Waals surface area (Å²) in [6, 6.07) is 9.73. The van der Waals surface area contributed by atoms with Crippen LogP contribution in [0.4, 0.5) is 0 Å². The van der Waals surface area contributed by atoms with Crippen molar-refractivity contribution in [3.05, 3.63) is 54.2 Å². The number of hydrogen-bond acceptors (Lipinski definition) is 6. The van der Waals surface area contributed by atoms with E-state index in [9.17, 15) is 5.11 Å². The number of aliphatic hydroxyl groups excluding tert-OH is 1. The van der Waals surface area contributed by atoms with Crippen LogP contribution in [-0.4, -0.2) is 59.9 Å². The average Bonchev–Trinajstić information content (AvgIpc) is 3.12. The summed E-state index contributed by atoms with van der Waals surface area (Å²) in [7, 11) is 0. The first kappa shape index (κ1) is 19.6. The van der Waals surface area contributed by atoms with Crippen LogP contribution in [0.15, 0.2) is 47.0 Å². The molecule has 2 unspecified atom stereocenters. The van der Waals surface area contributed by atoms with Gasteiger partial charge in [0.15, 0.2) is 5.82 Å². The van der Waals surface area contributed by atoms with E-state index >= 15 is 0 Å². The molecule has 0 amide bonds. The fourth-order valence-corrected chi connectivity index (χ4v) is 4.50. The number of fused-ring (bicyclic) bond motifs is 3. The highest BCUT2D eigenvalue weighted by Gasteiger charge is 2.62. The zero-order chi connectivity index (χ0) is 18.2. The van der Waals surface area contributed by atoms with E-state index in [1.807, 2.05) is 50.3 Å². The van der Waals surface area contributed by atoms with Crippen molar-refractivity contribution in [2.75, 3.05) is 19.7 Å². The molecule has 1 N–H and O–H groups in total. The number of aromatic nitrogens is 2. The quantitative estimate of drug-likeness (QED) is 0.633. The normalized spacial score (nSPS) is 32.4. The smallest absolute Gasteiger partial charge is 0.235 e. The molecule has 3 saturated heterocycles. The Labute approximate surface area is 161 Å². The molecule has 2 bridgehead atoms. The first-order chi connectivity index (χ1) is 12.6. The van der Waals surface area contributed by atoms with E-state index < -0.39 is 17.1 Å².